The molecule has 2 N–H and O–H groups in total. The van der Waals surface area contributed by atoms with Crippen LogP contribution in [0.25, 0.3) is 0 Å². The van der Waals surface area contributed by atoms with E-state index in [0.717, 1.165) is 0 Å². The zero-order chi connectivity index (χ0) is 13.8. The van der Waals surface area contributed by atoms with E-state index in [4.69, 9.17) is 15.2 Å². The van der Waals surface area contributed by atoms with Crippen molar-refractivity contribution < 1.29 is 18.7 Å². The van der Waals surface area contributed by atoms with Crippen molar-refractivity contribution in [2.75, 3.05) is 33.4 Å². The number of methoxy groups -OCH3 is 1. The molecule has 0 spiro atoms. The summed E-state index contributed by atoms with van der Waals surface area (Å²) in [4.78, 5) is 14.0. The van der Waals surface area contributed by atoms with Gasteiger partial charge in [-0.3, -0.25) is 4.79 Å². The first-order valence-electron chi connectivity index (χ1n) is 6.09. The van der Waals surface area contributed by atoms with E-state index in [1.54, 1.807) is 11.0 Å². The predicted octanol–water partition coefficient (Wildman–Crippen LogP) is 0.634. The molecule has 1 aromatic rings. The van der Waals surface area contributed by atoms with Gasteiger partial charge in [0.2, 0.25) is 0 Å². The Morgan fingerprint density at radius 2 is 2.42 bits per heavy atom. The van der Waals surface area contributed by atoms with Crippen LogP contribution in [0.5, 0.6) is 5.75 Å². The summed E-state index contributed by atoms with van der Waals surface area (Å²) in [7, 11) is 1.38. The van der Waals surface area contributed by atoms with Gasteiger partial charge in [0.25, 0.3) is 5.91 Å². The maximum atomic E-state index is 13.6. The summed E-state index contributed by atoms with van der Waals surface area (Å²) in [5.74, 6) is -0.667. The third-order valence-corrected chi connectivity index (χ3v) is 3.16. The number of benzene rings is 1. The van der Waals surface area contributed by atoms with Gasteiger partial charge >= 0.3 is 0 Å². The van der Waals surface area contributed by atoms with Gasteiger partial charge in [0.1, 0.15) is 0 Å². The fourth-order valence-corrected chi connectivity index (χ4v) is 2.08. The lowest BCUT2D eigenvalue weighted by molar-refractivity contribution is 0.000815. The minimum absolute atomic E-state index is 0.119. The van der Waals surface area contributed by atoms with Gasteiger partial charge in [0.05, 0.1) is 26.4 Å². The summed E-state index contributed by atoms with van der Waals surface area (Å²) in [6, 6.07) is 4.02. The number of morpholine rings is 1. The summed E-state index contributed by atoms with van der Waals surface area (Å²) in [6.45, 7) is 1.68. The van der Waals surface area contributed by atoms with Crippen LogP contribution in [0.15, 0.2) is 18.2 Å². The third kappa shape index (κ3) is 2.85. The first-order valence-corrected chi connectivity index (χ1v) is 6.09. The van der Waals surface area contributed by atoms with Crippen LogP contribution in [-0.2, 0) is 4.74 Å². The van der Waals surface area contributed by atoms with Crippen LogP contribution >= 0.6 is 0 Å². The molecule has 0 aromatic heterocycles. The second-order valence-electron chi connectivity index (χ2n) is 4.31. The topological polar surface area (TPSA) is 64.8 Å². The van der Waals surface area contributed by atoms with Gasteiger partial charge in [-0.2, -0.15) is 0 Å². The highest BCUT2D eigenvalue weighted by atomic mass is 19.1. The molecule has 1 amide bonds. The van der Waals surface area contributed by atoms with E-state index in [-0.39, 0.29) is 17.7 Å². The predicted molar refractivity (Wildman–Crippen MR) is 67.6 cm³/mol. The molecule has 1 unspecified atom stereocenters. The Labute approximate surface area is 111 Å². The number of nitrogens with two attached hydrogens (primary N) is 1. The van der Waals surface area contributed by atoms with Crippen LogP contribution in [0.4, 0.5) is 4.39 Å². The van der Waals surface area contributed by atoms with Crippen molar-refractivity contribution in [3.63, 3.8) is 0 Å². The number of rotatable bonds is 3. The Kier molecular flexibility index (Phi) is 4.34. The minimum atomic E-state index is -0.550. The van der Waals surface area contributed by atoms with Crippen molar-refractivity contribution in [3.8, 4) is 5.75 Å². The number of carbonyl (C=O) groups excluding carboxylic acids is 1. The fourth-order valence-electron chi connectivity index (χ4n) is 2.08. The molecule has 1 fully saturated rings. The molecule has 0 saturated carbocycles. The Hall–Kier alpha value is -1.66. The summed E-state index contributed by atoms with van der Waals surface area (Å²) < 4.78 is 23.7. The zero-order valence-corrected chi connectivity index (χ0v) is 10.8. The number of hydrogen-bond acceptors (Lipinski definition) is 4. The molecular weight excluding hydrogens is 251 g/mol. The van der Waals surface area contributed by atoms with Crippen LogP contribution in [0.3, 0.4) is 0 Å². The molecule has 1 saturated heterocycles. The average molecular weight is 268 g/mol. The van der Waals surface area contributed by atoms with Crippen LogP contribution in [-0.4, -0.2) is 50.3 Å². The lowest BCUT2D eigenvalue weighted by atomic mass is 10.1. The first-order chi connectivity index (χ1) is 9.17. The molecular formula is C13H17FN2O3. The summed E-state index contributed by atoms with van der Waals surface area (Å²) in [5, 5.41) is 0. The van der Waals surface area contributed by atoms with Crippen molar-refractivity contribution in [1.82, 2.24) is 4.90 Å². The van der Waals surface area contributed by atoms with Crippen LogP contribution in [0, 0.1) is 5.82 Å². The van der Waals surface area contributed by atoms with Gasteiger partial charge in [-0.05, 0) is 18.2 Å². The molecule has 6 heteroatoms. The third-order valence-electron chi connectivity index (χ3n) is 3.16. The second-order valence-corrected chi connectivity index (χ2v) is 4.31. The van der Waals surface area contributed by atoms with Crippen LogP contribution < -0.4 is 10.5 Å². The summed E-state index contributed by atoms with van der Waals surface area (Å²) in [6.07, 6.45) is 0. The van der Waals surface area contributed by atoms with Crippen molar-refractivity contribution in [3.05, 3.63) is 29.6 Å². The number of carbonyl (C=O) groups is 1. The van der Waals surface area contributed by atoms with Gasteiger partial charge in [0.15, 0.2) is 11.6 Å². The summed E-state index contributed by atoms with van der Waals surface area (Å²) >= 11 is 0. The average Bonchev–Trinajstić information content (AvgIpc) is 2.46. The minimum Gasteiger partial charge on any atom is -0.494 e. The Morgan fingerprint density at radius 1 is 1.63 bits per heavy atom. The van der Waals surface area contributed by atoms with Crippen molar-refractivity contribution >= 4 is 5.91 Å². The Morgan fingerprint density at radius 3 is 3.05 bits per heavy atom. The molecule has 19 heavy (non-hydrogen) atoms. The second kappa shape index (κ2) is 5.99. The lowest BCUT2D eigenvalue weighted by Crippen LogP contribution is -2.52. The van der Waals surface area contributed by atoms with E-state index in [0.29, 0.717) is 31.9 Å². The number of amides is 1. The maximum absolute atomic E-state index is 13.6. The quantitative estimate of drug-likeness (QED) is 0.873. The zero-order valence-electron chi connectivity index (χ0n) is 10.8. The molecule has 104 valence electrons. The smallest absolute Gasteiger partial charge is 0.254 e. The molecule has 0 aliphatic carbocycles. The molecule has 0 bridgehead atoms. The summed E-state index contributed by atoms with van der Waals surface area (Å²) in [5.41, 5.74) is 5.91. The molecule has 1 heterocycles. The number of nitrogens with zero attached hydrogens (tertiary/aromatic N) is 1. The van der Waals surface area contributed by atoms with E-state index in [2.05, 4.69) is 0 Å². The molecule has 1 aromatic carbocycles. The Balaban J connectivity index is 2.20. The van der Waals surface area contributed by atoms with Crippen LogP contribution in [0.2, 0.25) is 0 Å². The van der Waals surface area contributed by atoms with Crippen molar-refractivity contribution in [2.45, 2.75) is 6.04 Å². The SMILES string of the molecule is COc1ccc(C(=O)N2CCOCC2CN)cc1F. The van der Waals surface area contributed by atoms with E-state index >= 15 is 0 Å². The highest BCUT2D eigenvalue weighted by Crippen LogP contribution is 2.20. The lowest BCUT2D eigenvalue weighted by Gasteiger charge is -2.34. The fraction of sp³-hybridized carbons (Fsp3) is 0.462. The maximum Gasteiger partial charge on any atom is 0.254 e. The standard InChI is InChI=1S/C13H17FN2O3/c1-18-12-3-2-9(6-11(12)14)13(17)16-4-5-19-8-10(16)7-15/h2-3,6,10H,4-5,7-8,15H2,1H3. The van der Waals surface area contributed by atoms with Crippen LogP contribution in [0.1, 0.15) is 10.4 Å². The van der Waals surface area contributed by atoms with E-state index in [9.17, 15) is 9.18 Å². The number of halogens is 1. The number of hydrogen-bond donors (Lipinski definition) is 1. The first kappa shape index (κ1) is 13.8. The molecule has 5 nitrogen and oxygen atoms in total. The van der Waals surface area contributed by atoms with Gasteiger partial charge in [-0.15, -0.1) is 0 Å². The Bertz CT molecular complexity index is 467. The monoisotopic (exact) mass is 268 g/mol. The molecule has 1 aliphatic heterocycles. The van der Waals surface area contributed by atoms with E-state index < -0.39 is 5.82 Å². The van der Waals surface area contributed by atoms with E-state index in [1.165, 1.54) is 19.2 Å². The molecule has 2 rings (SSSR count). The highest BCUT2D eigenvalue weighted by Gasteiger charge is 2.27. The van der Waals surface area contributed by atoms with Gasteiger partial charge < -0.3 is 20.1 Å². The highest BCUT2D eigenvalue weighted by molar-refractivity contribution is 5.94. The molecule has 0 radical (unpaired) electrons. The largest absolute Gasteiger partial charge is 0.494 e. The van der Waals surface area contributed by atoms with Gasteiger partial charge in [-0.25, -0.2) is 4.39 Å². The molecule has 1 aliphatic rings. The van der Waals surface area contributed by atoms with Gasteiger partial charge in [-0.1, -0.05) is 0 Å². The van der Waals surface area contributed by atoms with Crippen molar-refractivity contribution in [2.24, 2.45) is 5.73 Å². The van der Waals surface area contributed by atoms with Crippen molar-refractivity contribution in [1.29, 1.82) is 0 Å². The van der Waals surface area contributed by atoms with Gasteiger partial charge in [0, 0.05) is 18.7 Å². The number of ether oxygens (including phenoxy) is 2. The molecule has 1 atom stereocenters. The van der Waals surface area contributed by atoms with E-state index in [1.807, 2.05) is 0 Å². The normalized spacial score (nSPS) is 19.3.